The maximum absolute atomic E-state index is 10.9. The topological polar surface area (TPSA) is 95.7 Å². The molecule has 0 atom stereocenters. The maximum atomic E-state index is 10.9. The van der Waals surface area contributed by atoms with Gasteiger partial charge in [0.25, 0.3) is 0 Å². The van der Waals surface area contributed by atoms with Crippen molar-refractivity contribution in [3.05, 3.63) is 10.1 Å². The van der Waals surface area contributed by atoms with Crippen molar-refractivity contribution in [2.45, 2.75) is 31.1 Å². The van der Waals surface area contributed by atoms with Gasteiger partial charge in [-0.15, -0.1) is 0 Å². The molecule has 0 unspecified atom stereocenters. The average Bonchev–Trinajstić information content (AvgIpc) is 2.32. The van der Waals surface area contributed by atoms with E-state index in [1.807, 2.05) is 0 Å². The van der Waals surface area contributed by atoms with Gasteiger partial charge >= 0.3 is 16.4 Å². The van der Waals surface area contributed by atoms with Crippen molar-refractivity contribution >= 4 is 27.9 Å². The summed E-state index contributed by atoms with van der Waals surface area (Å²) in [6.45, 7) is 2.15. The minimum absolute atomic E-state index is 0.121. The molecule has 0 spiro atoms. The zero-order valence-electron chi connectivity index (χ0n) is 9.60. The first-order valence-electron chi connectivity index (χ1n) is 5.00. The minimum atomic E-state index is -1.79. The second-order valence-corrected chi connectivity index (χ2v) is 4.68. The number of hydrogen-bond acceptors (Lipinski definition) is 6. The van der Waals surface area contributed by atoms with E-state index >= 15 is 0 Å². The van der Waals surface area contributed by atoms with Gasteiger partial charge in [-0.3, -0.25) is 19.7 Å². The number of rotatable bonds is 7. The van der Waals surface area contributed by atoms with Gasteiger partial charge in [-0.05, 0) is 0 Å². The third kappa shape index (κ3) is 5.62. The molecule has 0 aromatic carbocycles. The Morgan fingerprint density at radius 3 is 1.76 bits per heavy atom. The summed E-state index contributed by atoms with van der Waals surface area (Å²) in [6, 6.07) is 0. The second-order valence-electron chi connectivity index (χ2n) is 3.20. The fourth-order valence-electron chi connectivity index (χ4n) is 0.733. The van der Waals surface area contributed by atoms with Crippen LogP contribution >= 0.6 is 15.9 Å². The van der Waals surface area contributed by atoms with Crippen molar-refractivity contribution in [2.75, 3.05) is 13.2 Å². The molecule has 17 heavy (non-hydrogen) atoms. The number of nitrogens with zero attached hydrogens (tertiary/aromatic N) is 1. The predicted molar refractivity (Wildman–Crippen MR) is 61.2 cm³/mol. The van der Waals surface area contributed by atoms with Gasteiger partial charge in [0.15, 0.2) is 13.2 Å². The van der Waals surface area contributed by atoms with Crippen molar-refractivity contribution in [3.8, 4) is 0 Å². The molecule has 0 aliphatic rings. The molecule has 0 radical (unpaired) electrons. The van der Waals surface area contributed by atoms with Crippen LogP contribution in [0.15, 0.2) is 0 Å². The third-order valence-electron chi connectivity index (χ3n) is 1.81. The fraction of sp³-hybridized carbons (Fsp3) is 0.778. The smallest absolute Gasteiger partial charge is 0.341 e. The second kappa shape index (κ2) is 7.21. The van der Waals surface area contributed by atoms with E-state index in [1.54, 1.807) is 13.8 Å². The summed E-state index contributed by atoms with van der Waals surface area (Å²) in [5, 5.41) is 10.8. The fourth-order valence-corrected chi connectivity index (χ4v) is 0.962. The molecule has 0 amide bonds. The molecule has 0 bridgehead atoms. The Balaban J connectivity index is 4.41. The van der Waals surface area contributed by atoms with Gasteiger partial charge in [0.05, 0.1) is 0 Å². The van der Waals surface area contributed by atoms with Crippen LogP contribution in [0.2, 0.25) is 0 Å². The molecule has 8 heteroatoms. The summed E-state index contributed by atoms with van der Waals surface area (Å²) in [6.07, 6.45) is 0.241. The number of hydrogen-bond donors (Lipinski definition) is 0. The van der Waals surface area contributed by atoms with E-state index in [4.69, 9.17) is 0 Å². The molecule has 0 saturated heterocycles. The Morgan fingerprint density at radius 2 is 1.53 bits per heavy atom. The minimum Gasteiger partial charge on any atom is -0.457 e. The van der Waals surface area contributed by atoms with Crippen molar-refractivity contribution in [2.24, 2.45) is 0 Å². The lowest BCUT2D eigenvalue weighted by Crippen LogP contribution is -2.42. The average molecular weight is 312 g/mol. The van der Waals surface area contributed by atoms with Gasteiger partial charge in [0, 0.05) is 33.7 Å². The van der Waals surface area contributed by atoms with Crippen LogP contribution in [0.3, 0.4) is 0 Å². The van der Waals surface area contributed by atoms with Crippen LogP contribution in [-0.4, -0.2) is 34.5 Å². The van der Waals surface area contributed by atoms with Crippen LogP contribution in [0.25, 0.3) is 0 Å². The predicted octanol–water partition coefficient (Wildman–Crippen LogP) is 1.26. The first-order chi connectivity index (χ1) is 7.85. The van der Waals surface area contributed by atoms with Crippen molar-refractivity contribution < 1.29 is 24.0 Å². The van der Waals surface area contributed by atoms with Crippen LogP contribution in [0.5, 0.6) is 0 Å². The molecular weight excluding hydrogens is 298 g/mol. The lowest BCUT2D eigenvalue weighted by Gasteiger charge is -2.18. The van der Waals surface area contributed by atoms with Crippen molar-refractivity contribution in [1.29, 1.82) is 0 Å². The number of ether oxygens (including phenoxy) is 2. The first kappa shape index (κ1) is 15.8. The summed E-state index contributed by atoms with van der Waals surface area (Å²) in [4.78, 5) is 31.9. The van der Waals surface area contributed by atoms with Crippen molar-refractivity contribution in [1.82, 2.24) is 0 Å². The van der Waals surface area contributed by atoms with Gasteiger partial charge in [-0.2, -0.15) is 0 Å². The summed E-state index contributed by atoms with van der Waals surface area (Å²) < 4.78 is 7.54. The van der Waals surface area contributed by atoms with Crippen LogP contribution in [-0.2, 0) is 19.1 Å². The highest BCUT2D eigenvalue weighted by Gasteiger charge is 2.43. The molecule has 0 rings (SSSR count). The highest BCUT2D eigenvalue weighted by molar-refractivity contribution is 9.10. The van der Waals surface area contributed by atoms with Crippen molar-refractivity contribution in [3.63, 3.8) is 0 Å². The Bertz CT molecular complexity index is 286. The summed E-state index contributed by atoms with van der Waals surface area (Å²) >= 11 is 2.81. The molecule has 0 aromatic rings. The van der Waals surface area contributed by atoms with E-state index < -0.39 is 34.5 Å². The van der Waals surface area contributed by atoms with E-state index in [-0.39, 0.29) is 12.8 Å². The Morgan fingerprint density at radius 1 is 1.18 bits per heavy atom. The Labute approximate surface area is 107 Å². The maximum Gasteiger partial charge on any atom is 0.341 e. The molecule has 0 fully saturated rings. The molecule has 0 aromatic heterocycles. The third-order valence-corrected chi connectivity index (χ3v) is 2.56. The quantitative estimate of drug-likeness (QED) is 0.231. The largest absolute Gasteiger partial charge is 0.457 e. The number of esters is 2. The zero-order valence-corrected chi connectivity index (χ0v) is 11.2. The Kier molecular flexibility index (Phi) is 6.71. The SMILES string of the molecule is CCC(=O)OCC(Br)(COC(=O)CC)[N+](=O)[O-]. The number of alkyl halides is 1. The van der Waals surface area contributed by atoms with Crippen LogP contribution in [0.4, 0.5) is 0 Å². The molecule has 0 heterocycles. The molecule has 0 N–H and O–H groups in total. The molecule has 0 aliphatic heterocycles. The van der Waals surface area contributed by atoms with Crippen LogP contribution in [0, 0.1) is 10.1 Å². The zero-order chi connectivity index (χ0) is 13.5. The molecule has 0 aliphatic carbocycles. The number of carbonyl (C=O) groups excluding carboxylic acids is 2. The first-order valence-corrected chi connectivity index (χ1v) is 5.79. The highest BCUT2D eigenvalue weighted by atomic mass is 79.9. The lowest BCUT2D eigenvalue weighted by molar-refractivity contribution is -0.541. The molecule has 98 valence electrons. The monoisotopic (exact) mass is 311 g/mol. The normalized spacial score (nSPS) is 10.8. The van der Waals surface area contributed by atoms with E-state index in [9.17, 15) is 19.7 Å². The standard InChI is InChI=1S/C9H14BrNO6/c1-3-7(12)16-5-9(10,11(14)15)6-17-8(13)4-2/h3-6H2,1-2H3. The summed E-state index contributed by atoms with van der Waals surface area (Å²) in [5.41, 5.74) is 0. The van der Waals surface area contributed by atoms with Crippen LogP contribution < -0.4 is 0 Å². The van der Waals surface area contributed by atoms with E-state index in [0.717, 1.165) is 0 Å². The van der Waals surface area contributed by atoms with Gasteiger partial charge in [-0.1, -0.05) is 13.8 Å². The summed E-state index contributed by atoms with van der Waals surface area (Å²) in [5.74, 6) is -1.12. The number of nitro groups is 1. The Hall–Kier alpha value is -1.18. The van der Waals surface area contributed by atoms with Gasteiger partial charge < -0.3 is 9.47 Å². The van der Waals surface area contributed by atoms with E-state index in [0.29, 0.717) is 0 Å². The number of halogens is 1. The highest BCUT2D eigenvalue weighted by Crippen LogP contribution is 2.20. The number of carbonyl (C=O) groups is 2. The summed E-state index contributed by atoms with van der Waals surface area (Å²) in [7, 11) is 0. The van der Waals surface area contributed by atoms with Gasteiger partial charge in [0.2, 0.25) is 0 Å². The lowest BCUT2D eigenvalue weighted by atomic mass is 10.3. The van der Waals surface area contributed by atoms with Gasteiger partial charge in [0.1, 0.15) is 0 Å². The molecule has 0 saturated carbocycles. The molecule has 7 nitrogen and oxygen atoms in total. The van der Waals surface area contributed by atoms with E-state index in [1.165, 1.54) is 0 Å². The van der Waals surface area contributed by atoms with Crippen LogP contribution in [0.1, 0.15) is 26.7 Å². The molecular formula is C9H14BrNO6. The van der Waals surface area contributed by atoms with E-state index in [2.05, 4.69) is 25.4 Å². The van der Waals surface area contributed by atoms with Gasteiger partial charge in [-0.25, -0.2) is 0 Å².